The van der Waals surface area contributed by atoms with Crippen LogP contribution in [0.2, 0.25) is 0 Å². The molecular weight excluding hydrogens is 252 g/mol. The van der Waals surface area contributed by atoms with Crippen molar-refractivity contribution in [2.45, 2.75) is 25.5 Å². The van der Waals surface area contributed by atoms with Crippen LogP contribution in [0.5, 0.6) is 0 Å². The van der Waals surface area contributed by atoms with Gasteiger partial charge in [0.2, 0.25) is 0 Å². The maximum absolute atomic E-state index is 11.7. The van der Waals surface area contributed by atoms with Gasteiger partial charge in [-0.15, -0.1) is 0 Å². The molecule has 0 radical (unpaired) electrons. The Morgan fingerprint density at radius 2 is 1.94 bits per heavy atom. The van der Waals surface area contributed by atoms with Crippen molar-refractivity contribution in [3.63, 3.8) is 0 Å². The number of thioether (sulfide) groups is 1. The van der Waals surface area contributed by atoms with Gasteiger partial charge in [0.05, 0.1) is 10.8 Å². The van der Waals surface area contributed by atoms with Crippen LogP contribution in [-0.4, -0.2) is 21.5 Å². The van der Waals surface area contributed by atoms with Gasteiger partial charge in [-0.25, -0.2) is 0 Å². The Bertz CT molecular complexity index is 399. The van der Waals surface area contributed by atoms with E-state index < -0.39 is 4.75 Å². The standard InChI is InChI=1S/C13H16O2S2/c1-4-15-12(14)13(2,3)17-11(16)10-8-6-5-7-9-10/h5-9H,4H2,1-3H3. The summed E-state index contributed by atoms with van der Waals surface area (Å²) in [7, 11) is 0. The molecular formula is C13H16O2S2. The van der Waals surface area contributed by atoms with Gasteiger partial charge in [-0.3, -0.25) is 4.79 Å². The molecule has 0 bridgehead atoms. The van der Waals surface area contributed by atoms with Crippen LogP contribution in [0.15, 0.2) is 30.3 Å². The Morgan fingerprint density at radius 1 is 1.35 bits per heavy atom. The van der Waals surface area contributed by atoms with E-state index in [1.54, 1.807) is 6.92 Å². The largest absolute Gasteiger partial charge is 0.465 e. The van der Waals surface area contributed by atoms with Crippen LogP contribution in [-0.2, 0) is 9.53 Å². The fourth-order valence-electron chi connectivity index (χ4n) is 1.21. The van der Waals surface area contributed by atoms with Crippen LogP contribution in [0.1, 0.15) is 26.3 Å². The number of ether oxygens (including phenoxy) is 1. The maximum atomic E-state index is 11.7. The molecule has 0 aliphatic rings. The molecule has 1 aromatic carbocycles. The van der Waals surface area contributed by atoms with Crippen LogP contribution in [0.4, 0.5) is 0 Å². The van der Waals surface area contributed by atoms with E-state index in [9.17, 15) is 4.79 Å². The lowest BCUT2D eigenvalue weighted by atomic mass is 10.2. The fourth-order valence-corrected chi connectivity index (χ4v) is 2.83. The third-order valence-corrected chi connectivity index (χ3v) is 3.71. The molecule has 0 aliphatic carbocycles. The average molecular weight is 268 g/mol. The molecule has 0 saturated carbocycles. The second-order valence-corrected chi connectivity index (χ2v) is 6.29. The van der Waals surface area contributed by atoms with E-state index in [1.807, 2.05) is 44.2 Å². The van der Waals surface area contributed by atoms with Gasteiger partial charge in [-0.2, -0.15) is 0 Å². The molecule has 0 spiro atoms. The second-order valence-electron chi connectivity index (χ2n) is 3.99. The maximum Gasteiger partial charge on any atom is 0.322 e. The molecule has 1 rings (SSSR count). The van der Waals surface area contributed by atoms with E-state index in [-0.39, 0.29) is 5.97 Å². The topological polar surface area (TPSA) is 26.3 Å². The summed E-state index contributed by atoms with van der Waals surface area (Å²) >= 11 is 6.69. The van der Waals surface area contributed by atoms with Gasteiger partial charge in [0, 0.05) is 0 Å². The fraction of sp³-hybridized carbons (Fsp3) is 0.385. The number of carbonyl (C=O) groups excluding carboxylic acids is 1. The van der Waals surface area contributed by atoms with E-state index in [0.29, 0.717) is 10.8 Å². The Hall–Kier alpha value is -0.870. The van der Waals surface area contributed by atoms with E-state index >= 15 is 0 Å². The number of thiocarbonyl (C=S) groups is 1. The van der Waals surface area contributed by atoms with Gasteiger partial charge in [0.1, 0.15) is 4.75 Å². The molecule has 0 saturated heterocycles. The summed E-state index contributed by atoms with van der Waals surface area (Å²) in [6, 6.07) is 9.68. The number of benzene rings is 1. The Balaban J connectivity index is 2.71. The third kappa shape index (κ3) is 4.13. The molecule has 0 unspecified atom stereocenters. The lowest BCUT2D eigenvalue weighted by Crippen LogP contribution is -2.31. The zero-order valence-corrected chi connectivity index (χ0v) is 11.9. The highest BCUT2D eigenvalue weighted by molar-refractivity contribution is 8.24. The minimum Gasteiger partial charge on any atom is -0.465 e. The number of rotatable bonds is 4. The summed E-state index contributed by atoms with van der Waals surface area (Å²) in [5, 5.41) is 0. The quantitative estimate of drug-likeness (QED) is 0.617. The first-order valence-electron chi connectivity index (χ1n) is 5.43. The molecule has 0 fully saturated rings. The summed E-state index contributed by atoms with van der Waals surface area (Å²) in [6.07, 6.45) is 0. The van der Waals surface area contributed by atoms with Crippen molar-refractivity contribution in [3.8, 4) is 0 Å². The molecule has 0 amide bonds. The normalized spacial score (nSPS) is 11.0. The van der Waals surface area contributed by atoms with Gasteiger partial charge < -0.3 is 4.74 Å². The van der Waals surface area contributed by atoms with Crippen molar-refractivity contribution in [1.82, 2.24) is 0 Å². The third-order valence-electron chi connectivity index (χ3n) is 2.12. The van der Waals surface area contributed by atoms with Gasteiger partial charge in [-0.1, -0.05) is 54.3 Å². The second kappa shape index (κ2) is 6.17. The lowest BCUT2D eigenvalue weighted by Gasteiger charge is -2.21. The molecule has 92 valence electrons. The van der Waals surface area contributed by atoms with E-state index in [4.69, 9.17) is 17.0 Å². The number of carbonyl (C=O) groups is 1. The van der Waals surface area contributed by atoms with Crippen molar-refractivity contribution in [1.29, 1.82) is 0 Å². The Kier molecular flexibility index (Phi) is 5.15. The number of hydrogen-bond donors (Lipinski definition) is 0. The first kappa shape index (κ1) is 14.2. The first-order chi connectivity index (χ1) is 7.97. The van der Waals surface area contributed by atoms with Crippen LogP contribution in [0.3, 0.4) is 0 Å². The summed E-state index contributed by atoms with van der Waals surface area (Å²) in [4.78, 5) is 11.7. The summed E-state index contributed by atoms with van der Waals surface area (Å²) in [5.41, 5.74) is 0.963. The van der Waals surface area contributed by atoms with E-state index in [0.717, 1.165) is 5.56 Å². The molecule has 1 aromatic rings. The van der Waals surface area contributed by atoms with E-state index in [2.05, 4.69) is 0 Å². The molecule has 0 aliphatic heterocycles. The zero-order chi connectivity index (χ0) is 12.9. The molecule has 4 heteroatoms. The van der Waals surface area contributed by atoms with Gasteiger partial charge in [-0.05, 0) is 26.3 Å². The molecule has 0 heterocycles. The minimum absolute atomic E-state index is 0.233. The van der Waals surface area contributed by atoms with E-state index in [1.165, 1.54) is 11.8 Å². The van der Waals surface area contributed by atoms with Crippen molar-refractivity contribution in [3.05, 3.63) is 35.9 Å². The van der Waals surface area contributed by atoms with Crippen LogP contribution in [0.25, 0.3) is 0 Å². The zero-order valence-electron chi connectivity index (χ0n) is 10.2. The smallest absolute Gasteiger partial charge is 0.322 e. The van der Waals surface area contributed by atoms with Gasteiger partial charge in [0.25, 0.3) is 0 Å². The molecule has 0 atom stereocenters. The summed E-state index contributed by atoms with van der Waals surface area (Å²) < 4.78 is 5.09. The molecule has 0 aromatic heterocycles. The van der Waals surface area contributed by atoms with Crippen LogP contribution >= 0.6 is 24.0 Å². The number of esters is 1. The lowest BCUT2D eigenvalue weighted by molar-refractivity contribution is -0.145. The summed E-state index contributed by atoms with van der Waals surface area (Å²) in [5.74, 6) is -0.233. The Morgan fingerprint density at radius 3 is 2.47 bits per heavy atom. The average Bonchev–Trinajstić information content (AvgIpc) is 2.30. The highest BCUT2D eigenvalue weighted by atomic mass is 32.2. The monoisotopic (exact) mass is 268 g/mol. The van der Waals surface area contributed by atoms with Crippen molar-refractivity contribution >= 4 is 34.1 Å². The first-order valence-corrected chi connectivity index (χ1v) is 6.65. The SMILES string of the molecule is CCOC(=O)C(C)(C)SC(=S)c1ccccc1. The van der Waals surface area contributed by atoms with Crippen molar-refractivity contribution in [2.24, 2.45) is 0 Å². The van der Waals surface area contributed by atoms with Crippen LogP contribution < -0.4 is 0 Å². The molecule has 0 N–H and O–H groups in total. The highest BCUT2D eigenvalue weighted by Gasteiger charge is 2.31. The van der Waals surface area contributed by atoms with Crippen molar-refractivity contribution < 1.29 is 9.53 Å². The molecule has 2 nitrogen and oxygen atoms in total. The molecule has 17 heavy (non-hydrogen) atoms. The van der Waals surface area contributed by atoms with Gasteiger partial charge in [0.15, 0.2) is 0 Å². The Labute approximate surface area is 112 Å². The van der Waals surface area contributed by atoms with Crippen molar-refractivity contribution in [2.75, 3.05) is 6.61 Å². The predicted octanol–water partition coefficient (Wildman–Crippen LogP) is 3.44. The predicted molar refractivity (Wildman–Crippen MR) is 76.4 cm³/mol. The summed E-state index contributed by atoms with van der Waals surface area (Å²) in [6.45, 7) is 5.84. The van der Waals surface area contributed by atoms with Gasteiger partial charge >= 0.3 is 5.97 Å². The highest BCUT2D eigenvalue weighted by Crippen LogP contribution is 2.30. The minimum atomic E-state index is -0.650. The van der Waals surface area contributed by atoms with Crippen LogP contribution in [0, 0.1) is 0 Å². The number of hydrogen-bond acceptors (Lipinski definition) is 4.